The van der Waals surface area contributed by atoms with Crippen LogP contribution in [0.4, 0.5) is 21.5 Å². The highest BCUT2D eigenvalue weighted by molar-refractivity contribution is 6.00. The number of amides is 1. The Hall–Kier alpha value is -3.67. The molecule has 5 nitrogen and oxygen atoms in total. The number of hydrogen-bond acceptors (Lipinski definition) is 3. The molecule has 3 aromatic carbocycles. The molecular weight excluding hydrogens is 347 g/mol. The molecule has 3 aromatic rings. The third-order valence-electron chi connectivity index (χ3n) is 4.44. The van der Waals surface area contributed by atoms with E-state index in [0.29, 0.717) is 17.8 Å². The van der Waals surface area contributed by atoms with Crippen LogP contribution >= 0.6 is 0 Å². The van der Waals surface area contributed by atoms with Crippen molar-refractivity contribution < 1.29 is 19.1 Å². The standard InChI is InChI=1S/C21H15FN2O3/c22-15-3-5-16(6-4-15)23-19-10-13(1-7-17(19)21(26)27)12-2-8-18-14(9-12)11-20(25)24-18/h1-10,23H,11H2,(H,24,25)(H,26,27). The number of nitrogens with one attached hydrogen (secondary N) is 2. The first kappa shape index (κ1) is 16.8. The van der Waals surface area contributed by atoms with Gasteiger partial charge in [0.25, 0.3) is 0 Å². The van der Waals surface area contributed by atoms with Gasteiger partial charge in [-0.05, 0) is 65.2 Å². The van der Waals surface area contributed by atoms with Gasteiger partial charge in [-0.15, -0.1) is 0 Å². The first-order chi connectivity index (χ1) is 13.0. The Morgan fingerprint density at radius 2 is 1.70 bits per heavy atom. The third kappa shape index (κ3) is 3.37. The van der Waals surface area contributed by atoms with Gasteiger partial charge in [0.2, 0.25) is 5.91 Å². The van der Waals surface area contributed by atoms with Crippen molar-refractivity contribution in [3.8, 4) is 11.1 Å². The normalized spacial score (nSPS) is 12.4. The smallest absolute Gasteiger partial charge is 0.337 e. The second-order valence-electron chi connectivity index (χ2n) is 6.29. The van der Waals surface area contributed by atoms with Gasteiger partial charge in [-0.3, -0.25) is 4.79 Å². The van der Waals surface area contributed by atoms with E-state index >= 15 is 0 Å². The first-order valence-electron chi connectivity index (χ1n) is 8.33. The number of fused-ring (bicyclic) bond motifs is 1. The fraction of sp³-hybridized carbons (Fsp3) is 0.0476. The zero-order valence-electron chi connectivity index (χ0n) is 14.1. The van der Waals surface area contributed by atoms with E-state index in [4.69, 9.17) is 0 Å². The van der Waals surface area contributed by atoms with Gasteiger partial charge in [0.1, 0.15) is 5.82 Å². The van der Waals surface area contributed by atoms with Gasteiger partial charge in [0.05, 0.1) is 17.7 Å². The largest absolute Gasteiger partial charge is 0.478 e. The summed E-state index contributed by atoms with van der Waals surface area (Å²) in [7, 11) is 0. The molecule has 0 spiro atoms. The van der Waals surface area contributed by atoms with Gasteiger partial charge in [0.15, 0.2) is 0 Å². The number of anilines is 3. The minimum absolute atomic E-state index is 0.0398. The Balaban J connectivity index is 1.73. The molecule has 0 radical (unpaired) electrons. The number of rotatable bonds is 4. The van der Waals surface area contributed by atoms with Gasteiger partial charge >= 0.3 is 5.97 Å². The summed E-state index contributed by atoms with van der Waals surface area (Å²) in [6.07, 6.45) is 0.330. The van der Waals surface area contributed by atoms with E-state index in [0.717, 1.165) is 22.4 Å². The highest BCUT2D eigenvalue weighted by atomic mass is 19.1. The molecule has 0 aromatic heterocycles. The molecule has 1 amide bonds. The van der Waals surface area contributed by atoms with Crippen molar-refractivity contribution in [3.05, 3.63) is 77.6 Å². The number of halogens is 1. The lowest BCUT2D eigenvalue weighted by Crippen LogP contribution is -2.03. The van der Waals surface area contributed by atoms with Gasteiger partial charge in [-0.2, -0.15) is 0 Å². The molecular formula is C21H15FN2O3. The average Bonchev–Trinajstić information content (AvgIpc) is 3.02. The molecule has 0 fully saturated rings. The van der Waals surface area contributed by atoms with Crippen LogP contribution in [0.3, 0.4) is 0 Å². The Labute approximate surface area is 154 Å². The van der Waals surface area contributed by atoms with E-state index in [1.807, 2.05) is 18.2 Å². The molecule has 0 unspecified atom stereocenters. The average molecular weight is 362 g/mol. The summed E-state index contributed by atoms with van der Waals surface area (Å²) in [5, 5.41) is 15.3. The molecule has 0 atom stereocenters. The summed E-state index contributed by atoms with van der Waals surface area (Å²) < 4.78 is 13.1. The number of aromatic carboxylic acids is 1. The summed E-state index contributed by atoms with van der Waals surface area (Å²) in [5.41, 5.74) is 4.50. The lowest BCUT2D eigenvalue weighted by molar-refractivity contribution is -0.115. The molecule has 27 heavy (non-hydrogen) atoms. The maximum Gasteiger partial charge on any atom is 0.337 e. The second kappa shape index (κ2) is 6.57. The van der Waals surface area contributed by atoms with E-state index in [-0.39, 0.29) is 17.3 Å². The fourth-order valence-electron chi connectivity index (χ4n) is 3.11. The summed E-state index contributed by atoms with van der Waals surface area (Å²) in [5.74, 6) is -1.47. The number of carbonyl (C=O) groups is 2. The monoisotopic (exact) mass is 362 g/mol. The maximum atomic E-state index is 13.1. The van der Waals surface area contributed by atoms with Crippen LogP contribution in [0.15, 0.2) is 60.7 Å². The molecule has 6 heteroatoms. The SMILES string of the molecule is O=C1Cc2cc(-c3ccc(C(=O)O)c(Nc4ccc(F)cc4)c3)ccc2N1. The Kier molecular flexibility index (Phi) is 4.08. The lowest BCUT2D eigenvalue weighted by atomic mass is 9.99. The molecule has 4 rings (SSSR count). The maximum absolute atomic E-state index is 13.1. The van der Waals surface area contributed by atoms with Crippen molar-refractivity contribution >= 4 is 28.9 Å². The molecule has 0 bridgehead atoms. The van der Waals surface area contributed by atoms with Crippen molar-refractivity contribution in [2.45, 2.75) is 6.42 Å². The summed E-state index contributed by atoms with van der Waals surface area (Å²) >= 11 is 0. The van der Waals surface area contributed by atoms with E-state index in [1.165, 1.54) is 18.2 Å². The minimum atomic E-state index is -1.06. The van der Waals surface area contributed by atoms with Crippen LogP contribution in [0.25, 0.3) is 11.1 Å². The van der Waals surface area contributed by atoms with Crippen molar-refractivity contribution in [3.63, 3.8) is 0 Å². The summed E-state index contributed by atoms with van der Waals surface area (Å²) in [6.45, 7) is 0. The van der Waals surface area contributed by atoms with E-state index in [1.54, 1.807) is 24.3 Å². The summed E-state index contributed by atoms with van der Waals surface area (Å²) in [6, 6.07) is 16.3. The fourth-order valence-corrected chi connectivity index (χ4v) is 3.11. The molecule has 3 N–H and O–H groups in total. The quantitative estimate of drug-likeness (QED) is 0.642. The van der Waals surface area contributed by atoms with Crippen LogP contribution in [-0.4, -0.2) is 17.0 Å². The van der Waals surface area contributed by atoms with Crippen molar-refractivity contribution in [2.75, 3.05) is 10.6 Å². The van der Waals surface area contributed by atoms with Crippen LogP contribution in [0.5, 0.6) is 0 Å². The van der Waals surface area contributed by atoms with Crippen molar-refractivity contribution in [1.82, 2.24) is 0 Å². The number of carboxylic acids is 1. The zero-order valence-corrected chi connectivity index (χ0v) is 14.1. The highest BCUT2D eigenvalue weighted by Gasteiger charge is 2.18. The van der Waals surface area contributed by atoms with Crippen molar-refractivity contribution in [2.24, 2.45) is 0 Å². The minimum Gasteiger partial charge on any atom is -0.478 e. The van der Waals surface area contributed by atoms with Gasteiger partial charge in [0, 0.05) is 11.4 Å². The Morgan fingerprint density at radius 1 is 1.00 bits per heavy atom. The molecule has 0 saturated carbocycles. The predicted octanol–water partition coefficient (Wildman–Crippen LogP) is 4.43. The predicted molar refractivity (Wildman–Crippen MR) is 101 cm³/mol. The van der Waals surface area contributed by atoms with E-state index < -0.39 is 5.97 Å². The molecule has 1 aliphatic heterocycles. The van der Waals surface area contributed by atoms with Crippen LogP contribution in [-0.2, 0) is 11.2 Å². The number of carbonyl (C=O) groups excluding carboxylic acids is 1. The summed E-state index contributed by atoms with van der Waals surface area (Å²) in [4.78, 5) is 23.1. The highest BCUT2D eigenvalue weighted by Crippen LogP contribution is 2.32. The number of carboxylic acid groups (broad SMARTS) is 1. The second-order valence-corrected chi connectivity index (χ2v) is 6.29. The van der Waals surface area contributed by atoms with E-state index in [9.17, 15) is 19.1 Å². The molecule has 1 heterocycles. The Bertz CT molecular complexity index is 1060. The van der Waals surface area contributed by atoms with Crippen molar-refractivity contribution in [1.29, 1.82) is 0 Å². The van der Waals surface area contributed by atoms with E-state index in [2.05, 4.69) is 10.6 Å². The zero-order chi connectivity index (χ0) is 19.0. The first-order valence-corrected chi connectivity index (χ1v) is 8.33. The third-order valence-corrected chi connectivity index (χ3v) is 4.44. The Morgan fingerprint density at radius 3 is 2.44 bits per heavy atom. The number of hydrogen-bond donors (Lipinski definition) is 3. The number of benzene rings is 3. The lowest BCUT2D eigenvalue weighted by Gasteiger charge is -2.13. The van der Waals surface area contributed by atoms with Gasteiger partial charge < -0.3 is 15.7 Å². The van der Waals surface area contributed by atoms with Gasteiger partial charge in [-0.25, -0.2) is 9.18 Å². The van der Waals surface area contributed by atoms with Gasteiger partial charge in [-0.1, -0.05) is 12.1 Å². The topological polar surface area (TPSA) is 78.4 Å². The van der Waals surface area contributed by atoms with Crippen LogP contribution in [0.2, 0.25) is 0 Å². The molecule has 1 aliphatic rings. The molecule has 134 valence electrons. The molecule has 0 saturated heterocycles. The van der Waals surface area contributed by atoms with Crippen LogP contribution < -0.4 is 10.6 Å². The van der Waals surface area contributed by atoms with Crippen LogP contribution in [0.1, 0.15) is 15.9 Å². The molecule has 0 aliphatic carbocycles. The van der Waals surface area contributed by atoms with Crippen LogP contribution in [0, 0.1) is 5.82 Å².